The molecule has 0 aliphatic carbocycles. The van der Waals surface area contributed by atoms with Crippen LogP contribution < -0.4 is 10.7 Å². The number of hydrogen-bond acceptors (Lipinski definition) is 12. The molecule has 7 heterocycles. The van der Waals surface area contributed by atoms with E-state index in [1.165, 1.54) is 21.2 Å². The van der Waals surface area contributed by atoms with Crippen LogP contribution >= 0.6 is 11.3 Å². The zero-order valence-corrected chi connectivity index (χ0v) is 39.8. The van der Waals surface area contributed by atoms with Crippen LogP contribution in [0.25, 0.3) is 33.4 Å². The molecule has 3 saturated heterocycles. The second kappa shape index (κ2) is 18.4. The standard InChI is InChI=1S/C48H64N8O8S/c1-9-54-37-14-13-31-24-33(37)34(41(54)32-12-10-19-49-39(32)30(4)62-8)26-46(5,6)28-64-44(59)48(61)15-11-20-56(52-48)43(58)35(25-38-50-36(31)27-65-38)51-42(57)40(29(2)3)53(7)45(60)55-21-16-47(55)17-22-63-23-18-47/h10,12-14,19,24,27,29-30,35,40,52,61H,9,11,15-18,20-23,25-26,28H2,1-8H3,(H,51,57)/t30-,35-,40-,48-/m0/s1. The fourth-order valence-corrected chi connectivity index (χ4v) is 11.1. The van der Waals surface area contributed by atoms with E-state index in [1.54, 1.807) is 20.4 Å². The summed E-state index contributed by atoms with van der Waals surface area (Å²) in [6.45, 7) is 14.5. The highest BCUT2D eigenvalue weighted by molar-refractivity contribution is 7.10. The van der Waals surface area contributed by atoms with Crippen LogP contribution in [0.2, 0.25) is 0 Å². The van der Waals surface area contributed by atoms with Gasteiger partial charge in [0.2, 0.25) is 11.6 Å². The number of urea groups is 1. The summed E-state index contributed by atoms with van der Waals surface area (Å²) in [5.74, 6) is -2.25. The van der Waals surface area contributed by atoms with Crippen molar-refractivity contribution in [2.45, 2.75) is 122 Å². The summed E-state index contributed by atoms with van der Waals surface area (Å²) in [4.78, 5) is 70.5. The molecule has 1 spiro atoms. The number of methoxy groups -OCH3 is 1. The van der Waals surface area contributed by atoms with E-state index in [2.05, 4.69) is 46.5 Å². The second-order valence-electron chi connectivity index (χ2n) is 19.3. The van der Waals surface area contributed by atoms with E-state index in [0.29, 0.717) is 37.7 Å². The molecule has 0 radical (unpaired) electrons. The lowest BCUT2D eigenvalue weighted by Gasteiger charge is -2.56. The van der Waals surface area contributed by atoms with Gasteiger partial charge in [-0.1, -0.05) is 33.8 Å². The number of nitrogens with one attached hydrogen (secondary N) is 2. The number of hydrazine groups is 1. The van der Waals surface area contributed by atoms with Crippen LogP contribution in [0, 0.1) is 11.3 Å². The quantitative estimate of drug-likeness (QED) is 0.181. The molecule has 3 fully saturated rings. The van der Waals surface area contributed by atoms with Crippen molar-refractivity contribution in [3.63, 3.8) is 0 Å². The first-order valence-electron chi connectivity index (χ1n) is 23.0. The molecule has 65 heavy (non-hydrogen) atoms. The number of carbonyl (C=O) groups excluding carboxylic acids is 4. The Morgan fingerprint density at radius 2 is 1.88 bits per heavy atom. The third kappa shape index (κ3) is 8.89. The van der Waals surface area contributed by atoms with Crippen LogP contribution in [-0.2, 0) is 48.0 Å². The summed E-state index contributed by atoms with van der Waals surface area (Å²) in [7, 11) is 3.32. The van der Waals surface area contributed by atoms with Crippen molar-refractivity contribution in [1.29, 1.82) is 0 Å². The summed E-state index contributed by atoms with van der Waals surface area (Å²) >= 11 is 1.38. The van der Waals surface area contributed by atoms with E-state index in [-0.39, 0.29) is 56.0 Å². The van der Waals surface area contributed by atoms with Gasteiger partial charge < -0.3 is 39.0 Å². The van der Waals surface area contributed by atoms with Gasteiger partial charge in [0, 0.05) is 98.9 Å². The number of aliphatic hydroxyl groups is 1. The van der Waals surface area contributed by atoms with Crippen LogP contribution in [0.15, 0.2) is 41.9 Å². The van der Waals surface area contributed by atoms with Crippen LogP contribution in [0.1, 0.15) is 96.0 Å². The number of likely N-dealkylation sites (tertiary alicyclic amines) is 1. The zero-order chi connectivity index (χ0) is 46.4. The lowest BCUT2D eigenvalue weighted by Crippen LogP contribution is -2.69. The lowest BCUT2D eigenvalue weighted by atomic mass is 9.78. The summed E-state index contributed by atoms with van der Waals surface area (Å²) in [6, 6.07) is 8.01. The molecule has 1 aromatic carbocycles. The van der Waals surface area contributed by atoms with Gasteiger partial charge in [0.25, 0.3) is 5.91 Å². The van der Waals surface area contributed by atoms with Crippen molar-refractivity contribution in [2.24, 2.45) is 11.3 Å². The van der Waals surface area contributed by atoms with Gasteiger partial charge in [-0.3, -0.25) is 19.6 Å². The van der Waals surface area contributed by atoms with E-state index in [9.17, 15) is 24.3 Å². The predicted molar refractivity (Wildman–Crippen MR) is 246 cm³/mol. The first-order valence-corrected chi connectivity index (χ1v) is 23.9. The van der Waals surface area contributed by atoms with Gasteiger partial charge in [0.1, 0.15) is 12.1 Å². The smallest absolute Gasteiger partial charge is 0.355 e. The number of pyridine rings is 1. The molecule has 8 rings (SSSR count). The lowest BCUT2D eigenvalue weighted by molar-refractivity contribution is -0.189. The Labute approximate surface area is 385 Å². The van der Waals surface area contributed by atoms with E-state index < -0.39 is 41.0 Å². The molecule has 17 heteroatoms. The van der Waals surface area contributed by atoms with Crippen molar-refractivity contribution in [3.05, 3.63) is 58.2 Å². The highest BCUT2D eigenvalue weighted by Gasteiger charge is 2.51. The molecule has 3 aromatic heterocycles. The summed E-state index contributed by atoms with van der Waals surface area (Å²) in [6.07, 6.45) is 4.71. The Morgan fingerprint density at radius 1 is 1.11 bits per heavy atom. The SMILES string of the molecule is CCn1c(-c2cccnc2[C@H](C)OC)c2c3cc(ccc31)-c1csc(n1)C[C@H](NC(=O)[C@H](C(C)C)N(C)C(=O)N1CCC13CCOCC3)C(=O)N1CCC[C@@](O)(N1)C(=O)OCC(C)(C)C2. The number of likely N-dealkylation sites (N-methyl/N-ethyl adjacent to an activating group) is 1. The van der Waals surface area contributed by atoms with Gasteiger partial charge >= 0.3 is 12.0 Å². The fraction of sp³-hybridized carbons (Fsp3) is 0.583. The van der Waals surface area contributed by atoms with Crippen molar-refractivity contribution in [2.75, 3.05) is 47.1 Å². The molecule has 4 aliphatic heterocycles. The number of nitrogens with zero attached hydrogens (tertiary/aromatic N) is 6. The molecule has 350 valence electrons. The Morgan fingerprint density at radius 3 is 2.57 bits per heavy atom. The largest absolute Gasteiger partial charge is 0.462 e. The Kier molecular flexibility index (Phi) is 13.2. The Hall–Kier alpha value is -4.94. The molecule has 0 unspecified atom stereocenters. The first kappa shape index (κ1) is 46.6. The number of thiazole rings is 1. The molecule has 16 nitrogen and oxygen atoms in total. The van der Waals surface area contributed by atoms with Gasteiger partial charge in [-0.15, -0.1) is 11.3 Å². The van der Waals surface area contributed by atoms with Crippen LogP contribution in [-0.4, -0.2) is 129 Å². The van der Waals surface area contributed by atoms with Gasteiger partial charge in [0.05, 0.1) is 40.3 Å². The third-order valence-electron chi connectivity index (χ3n) is 13.9. The van der Waals surface area contributed by atoms with Crippen molar-refractivity contribution in [1.82, 2.24) is 40.1 Å². The monoisotopic (exact) mass is 912 g/mol. The topological polar surface area (TPSA) is 181 Å². The number of cyclic esters (lactones) is 1. The first-order chi connectivity index (χ1) is 31.0. The highest BCUT2D eigenvalue weighted by atomic mass is 32.1. The van der Waals surface area contributed by atoms with E-state index >= 15 is 0 Å². The maximum absolute atomic E-state index is 14.7. The minimum absolute atomic E-state index is 0.00767. The predicted octanol–water partition coefficient (Wildman–Crippen LogP) is 5.85. The number of benzene rings is 1. The number of fused-ring (bicyclic) bond motifs is 6. The minimum Gasteiger partial charge on any atom is -0.462 e. The summed E-state index contributed by atoms with van der Waals surface area (Å²) in [5, 5.41) is 19.7. The van der Waals surface area contributed by atoms with Gasteiger partial charge in [-0.2, -0.15) is 5.43 Å². The number of aromatic nitrogens is 3. The molecule has 4 aliphatic rings. The number of ether oxygens (including phenoxy) is 3. The van der Waals surface area contributed by atoms with E-state index in [1.807, 2.05) is 51.0 Å². The van der Waals surface area contributed by atoms with Crippen molar-refractivity contribution in [3.8, 4) is 22.5 Å². The van der Waals surface area contributed by atoms with Crippen LogP contribution in [0.5, 0.6) is 0 Å². The van der Waals surface area contributed by atoms with Crippen molar-refractivity contribution >= 4 is 46.1 Å². The fourth-order valence-electron chi connectivity index (χ4n) is 10.2. The molecular weight excluding hydrogens is 849 g/mol. The van der Waals surface area contributed by atoms with E-state index in [4.69, 9.17) is 24.2 Å². The molecule has 3 N–H and O–H groups in total. The van der Waals surface area contributed by atoms with Crippen LogP contribution in [0.4, 0.5) is 4.79 Å². The van der Waals surface area contributed by atoms with Gasteiger partial charge in [-0.05, 0) is 81.7 Å². The average molecular weight is 913 g/mol. The molecule has 4 aromatic rings. The number of esters is 1. The number of aryl methyl sites for hydroxylation is 1. The summed E-state index contributed by atoms with van der Waals surface area (Å²) in [5.41, 5.74) is 6.12. The number of rotatable bonds is 8. The van der Waals surface area contributed by atoms with E-state index in [0.717, 1.165) is 63.9 Å². The van der Waals surface area contributed by atoms with Crippen molar-refractivity contribution < 1.29 is 38.5 Å². The van der Waals surface area contributed by atoms with Gasteiger partial charge in [-0.25, -0.2) is 14.6 Å². The summed E-state index contributed by atoms with van der Waals surface area (Å²) < 4.78 is 19.7. The Bertz CT molecular complexity index is 2440. The molecule has 4 atom stereocenters. The normalized spacial score (nSPS) is 23.1. The number of carbonyl (C=O) groups is 4. The average Bonchev–Trinajstić information content (AvgIpc) is 3.88. The number of amides is 4. The highest BCUT2D eigenvalue weighted by Crippen LogP contribution is 2.43. The molecular formula is C48H64N8O8S. The van der Waals surface area contributed by atoms with Crippen LogP contribution in [0.3, 0.4) is 0 Å². The van der Waals surface area contributed by atoms with Gasteiger partial charge in [0.15, 0.2) is 0 Å². The molecule has 0 saturated carbocycles. The molecule has 4 amide bonds. The minimum atomic E-state index is -2.21. The maximum Gasteiger partial charge on any atom is 0.355 e. The number of hydrogen-bond donors (Lipinski definition) is 3. The maximum atomic E-state index is 14.7. The second-order valence-corrected chi connectivity index (χ2v) is 20.3. The Balaban J connectivity index is 1.18. The molecule has 6 bridgehead atoms. The zero-order valence-electron chi connectivity index (χ0n) is 38.9. The third-order valence-corrected chi connectivity index (χ3v) is 14.8.